The van der Waals surface area contributed by atoms with E-state index < -0.39 is 0 Å². The third-order valence-electron chi connectivity index (χ3n) is 3.24. The lowest BCUT2D eigenvalue weighted by Crippen LogP contribution is -2.22. The minimum Gasteiger partial charge on any atom is -0.316 e. The zero-order chi connectivity index (χ0) is 12.4. The van der Waals surface area contributed by atoms with Crippen molar-refractivity contribution in [3.05, 3.63) is 33.8 Å². The maximum absolute atomic E-state index is 6.20. The van der Waals surface area contributed by atoms with Crippen molar-refractivity contribution in [3.8, 4) is 0 Å². The molecule has 0 radical (unpaired) electrons. The van der Waals surface area contributed by atoms with Gasteiger partial charge < -0.3 is 5.32 Å². The van der Waals surface area contributed by atoms with Crippen LogP contribution in [0, 0.1) is 11.8 Å². The summed E-state index contributed by atoms with van der Waals surface area (Å²) in [6.07, 6.45) is 1.23. The highest BCUT2D eigenvalue weighted by molar-refractivity contribution is 6.33. The maximum Gasteiger partial charge on any atom is 0.0441 e. The predicted molar refractivity (Wildman–Crippen MR) is 75.0 cm³/mol. The first-order valence-corrected chi connectivity index (χ1v) is 6.99. The first-order valence-electron chi connectivity index (χ1n) is 6.23. The van der Waals surface area contributed by atoms with Gasteiger partial charge in [0.1, 0.15) is 0 Å². The number of benzene rings is 1. The highest BCUT2D eigenvalue weighted by Gasteiger charge is 2.38. The van der Waals surface area contributed by atoms with Crippen molar-refractivity contribution in [1.29, 1.82) is 0 Å². The second-order valence-corrected chi connectivity index (χ2v) is 6.16. The van der Waals surface area contributed by atoms with E-state index in [0.29, 0.717) is 11.8 Å². The summed E-state index contributed by atoms with van der Waals surface area (Å²) >= 11 is 12.2. The Bertz CT molecular complexity index is 390. The fraction of sp³-hybridized carbons (Fsp3) is 0.571. The van der Waals surface area contributed by atoms with Gasteiger partial charge in [-0.25, -0.2) is 0 Å². The Morgan fingerprint density at radius 3 is 2.82 bits per heavy atom. The van der Waals surface area contributed by atoms with Gasteiger partial charge in [-0.15, -0.1) is 0 Å². The third kappa shape index (κ3) is 3.61. The molecule has 17 heavy (non-hydrogen) atoms. The van der Waals surface area contributed by atoms with E-state index in [0.717, 1.165) is 29.1 Å². The monoisotopic (exact) mass is 271 g/mol. The Hall–Kier alpha value is -0.240. The zero-order valence-corrected chi connectivity index (χ0v) is 11.9. The molecule has 1 aromatic rings. The quantitative estimate of drug-likeness (QED) is 0.840. The van der Waals surface area contributed by atoms with Crippen molar-refractivity contribution < 1.29 is 0 Å². The van der Waals surface area contributed by atoms with E-state index in [-0.39, 0.29) is 0 Å². The van der Waals surface area contributed by atoms with E-state index >= 15 is 0 Å². The normalized spacial score (nSPS) is 23.1. The summed E-state index contributed by atoms with van der Waals surface area (Å²) in [5.41, 5.74) is 1.22. The molecule has 0 amide bonds. The summed E-state index contributed by atoms with van der Waals surface area (Å²) in [5, 5.41) is 5.14. The van der Waals surface area contributed by atoms with Crippen LogP contribution in [0.2, 0.25) is 10.0 Å². The van der Waals surface area contributed by atoms with Crippen molar-refractivity contribution in [2.24, 2.45) is 11.8 Å². The van der Waals surface area contributed by atoms with Crippen LogP contribution in [-0.4, -0.2) is 13.1 Å². The van der Waals surface area contributed by atoms with E-state index in [1.54, 1.807) is 0 Å². The molecule has 0 heterocycles. The summed E-state index contributed by atoms with van der Waals surface area (Å²) < 4.78 is 0. The molecule has 0 bridgehead atoms. The number of nitrogens with one attached hydrogen (secondary N) is 1. The summed E-state index contributed by atoms with van der Waals surface area (Å²) in [6, 6.07) is 5.76. The summed E-state index contributed by atoms with van der Waals surface area (Å²) in [6.45, 7) is 6.63. The van der Waals surface area contributed by atoms with Gasteiger partial charge >= 0.3 is 0 Å². The van der Waals surface area contributed by atoms with E-state index in [1.165, 1.54) is 12.0 Å². The molecule has 1 aliphatic carbocycles. The van der Waals surface area contributed by atoms with Crippen LogP contribution >= 0.6 is 23.2 Å². The average Bonchev–Trinajstić information content (AvgIpc) is 3.00. The first kappa shape index (κ1) is 13.2. The standard InChI is InChI=1S/C14H19Cl2N/c1-9(2)7-17-8-10-5-12(10)13-6-11(15)3-4-14(13)16/h3-4,6,9-10,12,17H,5,7-8H2,1-2H3. The molecule has 0 aromatic heterocycles. The molecule has 2 rings (SSSR count). The molecular weight excluding hydrogens is 253 g/mol. The van der Waals surface area contributed by atoms with Crippen molar-refractivity contribution >= 4 is 23.2 Å². The van der Waals surface area contributed by atoms with Gasteiger partial charge in [0.2, 0.25) is 0 Å². The Morgan fingerprint density at radius 1 is 1.35 bits per heavy atom. The Kier molecular flexibility index (Phi) is 4.35. The topological polar surface area (TPSA) is 12.0 Å². The Balaban J connectivity index is 1.87. The van der Waals surface area contributed by atoms with Crippen molar-refractivity contribution in [3.63, 3.8) is 0 Å². The molecule has 1 aromatic carbocycles. The fourth-order valence-electron chi connectivity index (χ4n) is 2.21. The van der Waals surface area contributed by atoms with Crippen LogP contribution in [-0.2, 0) is 0 Å². The smallest absolute Gasteiger partial charge is 0.0441 e. The molecule has 1 saturated carbocycles. The van der Waals surface area contributed by atoms with E-state index in [1.807, 2.05) is 18.2 Å². The number of halogens is 2. The van der Waals surface area contributed by atoms with Gasteiger partial charge in [0.15, 0.2) is 0 Å². The Labute approximate surface area is 114 Å². The molecule has 0 saturated heterocycles. The molecule has 1 aliphatic rings. The van der Waals surface area contributed by atoms with Gasteiger partial charge in [0, 0.05) is 10.0 Å². The average molecular weight is 272 g/mol. The van der Waals surface area contributed by atoms with Crippen molar-refractivity contribution in [2.45, 2.75) is 26.2 Å². The van der Waals surface area contributed by atoms with Gasteiger partial charge in [-0.1, -0.05) is 37.0 Å². The van der Waals surface area contributed by atoms with Crippen LogP contribution in [0.3, 0.4) is 0 Å². The van der Waals surface area contributed by atoms with Crippen LogP contribution in [0.1, 0.15) is 31.7 Å². The second-order valence-electron chi connectivity index (χ2n) is 5.32. The van der Waals surface area contributed by atoms with Gasteiger partial charge in [0.25, 0.3) is 0 Å². The summed E-state index contributed by atoms with van der Waals surface area (Å²) in [5.74, 6) is 2.03. The molecule has 2 unspecified atom stereocenters. The fourth-order valence-corrected chi connectivity index (χ4v) is 2.65. The molecule has 1 nitrogen and oxygen atoms in total. The Morgan fingerprint density at radius 2 is 2.12 bits per heavy atom. The van der Waals surface area contributed by atoms with Crippen LogP contribution in [0.15, 0.2) is 18.2 Å². The minimum atomic E-state index is 0.598. The van der Waals surface area contributed by atoms with E-state index in [4.69, 9.17) is 23.2 Å². The van der Waals surface area contributed by atoms with Crippen LogP contribution in [0.25, 0.3) is 0 Å². The van der Waals surface area contributed by atoms with Gasteiger partial charge in [0.05, 0.1) is 0 Å². The van der Waals surface area contributed by atoms with Crippen LogP contribution in [0.4, 0.5) is 0 Å². The lowest BCUT2D eigenvalue weighted by molar-refractivity contribution is 0.532. The molecule has 1 fully saturated rings. The van der Waals surface area contributed by atoms with E-state index in [9.17, 15) is 0 Å². The summed E-state index contributed by atoms with van der Waals surface area (Å²) in [4.78, 5) is 0. The number of hydrogen-bond donors (Lipinski definition) is 1. The summed E-state index contributed by atoms with van der Waals surface area (Å²) in [7, 11) is 0. The van der Waals surface area contributed by atoms with Crippen molar-refractivity contribution in [1.82, 2.24) is 5.32 Å². The van der Waals surface area contributed by atoms with Crippen molar-refractivity contribution in [2.75, 3.05) is 13.1 Å². The van der Waals surface area contributed by atoms with E-state index in [2.05, 4.69) is 19.2 Å². The van der Waals surface area contributed by atoms with Gasteiger partial charge in [-0.2, -0.15) is 0 Å². The largest absolute Gasteiger partial charge is 0.316 e. The SMILES string of the molecule is CC(C)CNCC1CC1c1cc(Cl)ccc1Cl. The van der Waals surface area contributed by atoms with Crippen LogP contribution in [0.5, 0.6) is 0 Å². The lowest BCUT2D eigenvalue weighted by atomic mass is 10.1. The predicted octanol–water partition coefficient (Wildman–Crippen LogP) is 4.34. The lowest BCUT2D eigenvalue weighted by Gasteiger charge is -2.07. The molecular formula is C14H19Cl2N. The van der Waals surface area contributed by atoms with Gasteiger partial charge in [-0.05, 0) is 61.0 Å². The first-order chi connectivity index (χ1) is 8.08. The molecule has 0 aliphatic heterocycles. The number of rotatable bonds is 5. The highest BCUT2D eigenvalue weighted by atomic mass is 35.5. The highest BCUT2D eigenvalue weighted by Crippen LogP contribution is 2.49. The molecule has 94 valence electrons. The molecule has 0 spiro atoms. The third-order valence-corrected chi connectivity index (χ3v) is 3.82. The molecule has 1 N–H and O–H groups in total. The number of hydrogen-bond acceptors (Lipinski definition) is 1. The van der Waals surface area contributed by atoms with Crippen LogP contribution < -0.4 is 5.32 Å². The molecule has 3 heteroatoms. The zero-order valence-electron chi connectivity index (χ0n) is 10.3. The second kappa shape index (κ2) is 5.60. The minimum absolute atomic E-state index is 0.598. The maximum atomic E-state index is 6.20. The van der Waals surface area contributed by atoms with Gasteiger partial charge in [-0.3, -0.25) is 0 Å². The molecule has 2 atom stereocenters.